The number of carbonyl (C=O) groups excluding carboxylic acids is 4. The number of anilines is 2. The fourth-order valence-electron chi connectivity index (χ4n) is 5.70. The Morgan fingerprint density at radius 1 is 0.965 bits per heavy atom. The van der Waals surface area contributed by atoms with Gasteiger partial charge in [-0.1, -0.05) is 19.9 Å². The maximum absolute atomic E-state index is 13.4. The summed E-state index contributed by atoms with van der Waals surface area (Å²) in [5.41, 5.74) is 11.6. The molecule has 0 bridgehead atoms. The van der Waals surface area contributed by atoms with Gasteiger partial charge >= 0.3 is 17.9 Å². The molecule has 0 saturated carbocycles. The van der Waals surface area contributed by atoms with E-state index in [0.717, 1.165) is 12.8 Å². The highest BCUT2D eigenvalue weighted by atomic mass is 32.2. The summed E-state index contributed by atoms with van der Waals surface area (Å²) in [6, 6.07) is 5.67. The Morgan fingerprint density at radius 3 is 2.19 bits per heavy atom. The molecule has 312 valence electrons. The molecule has 22 heteroatoms. The molecule has 0 unspecified atom stereocenters. The number of hydrogen-bond acceptors (Lipinski definition) is 15. The van der Waals surface area contributed by atoms with Crippen molar-refractivity contribution in [3.05, 3.63) is 41.2 Å². The molecule has 1 aromatic carbocycles. The van der Waals surface area contributed by atoms with Crippen LogP contribution in [0.15, 0.2) is 34.2 Å². The van der Waals surface area contributed by atoms with Crippen molar-refractivity contribution in [1.82, 2.24) is 35.1 Å². The number of hydrogen-bond donors (Lipinski definition) is 7. The van der Waals surface area contributed by atoms with E-state index in [2.05, 4.69) is 30.3 Å². The van der Waals surface area contributed by atoms with E-state index in [1.807, 2.05) is 13.8 Å². The van der Waals surface area contributed by atoms with Crippen LogP contribution in [0.5, 0.6) is 0 Å². The van der Waals surface area contributed by atoms with Gasteiger partial charge in [0, 0.05) is 38.3 Å². The van der Waals surface area contributed by atoms with E-state index in [0.29, 0.717) is 51.3 Å². The second kappa shape index (κ2) is 20.9. The first-order valence-corrected chi connectivity index (χ1v) is 19.7. The highest BCUT2D eigenvalue weighted by Gasteiger charge is 2.40. The number of rotatable bonds is 16. The third-order valence-electron chi connectivity index (χ3n) is 8.77. The zero-order valence-corrected chi connectivity index (χ0v) is 32.9. The number of carboxylic acid groups (broad SMARTS) is 2. The lowest BCUT2D eigenvalue weighted by molar-refractivity contribution is -0.152. The van der Waals surface area contributed by atoms with Crippen molar-refractivity contribution in [2.24, 2.45) is 4.99 Å². The van der Waals surface area contributed by atoms with Crippen molar-refractivity contribution >= 4 is 63.2 Å². The smallest absolute Gasteiger partial charge is 0.307 e. The molecule has 0 atom stereocenters. The number of benzene rings is 1. The number of likely N-dealkylation sites (tertiary alicyclic amines) is 1. The lowest BCUT2D eigenvalue weighted by Gasteiger charge is -2.39. The number of ether oxygens (including phenoxy) is 1. The number of esters is 1. The zero-order chi connectivity index (χ0) is 42.3. The summed E-state index contributed by atoms with van der Waals surface area (Å²) in [7, 11) is -4.05. The van der Waals surface area contributed by atoms with Gasteiger partial charge in [-0.3, -0.25) is 39.1 Å². The Hall–Kier alpha value is -5.90. The van der Waals surface area contributed by atoms with Crippen LogP contribution in [-0.2, 0) is 33.9 Å². The average molecular weight is 819 g/mol. The number of amides is 3. The number of carbonyl (C=O) groups is 6. The highest BCUT2D eigenvalue weighted by Crippen LogP contribution is 2.27. The average Bonchev–Trinajstić information content (AvgIpc) is 3.55. The molecule has 0 radical (unpaired) electrons. The molecule has 3 amide bonds. The summed E-state index contributed by atoms with van der Waals surface area (Å²) in [6.45, 7) is 7.12. The highest BCUT2D eigenvalue weighted by molar-refractivity contribution is 7.89. The van der Waals surface area contributed by atoms with Crippen molar-refractivity contribution in [3.63, 3.8) is 0 Å². The fraction of sp³-hybridized carbons (Fsp3) is 0.514. The number of carboxylic acids is 2. The minimum atomic E-state index is -4.05. The molecule has 2 aliphatic heterocycles. The third-order valence-corrected chi connectivity index (χ3v) is 10.2. The number of sulfonamides is 1. The molecule has 1 fully saturated rings. The largest absolute Gasteiger partial charge is 0.481 e. The van der Waals surface area contributed by atoms with Gasteiger partial charge in [-0.2, -0.15) is 0 Å². The minimum absolute atomic E-state index is 0.0654. The molecule has 2 aliphatic rings. The molecule has 1 saturated heterocycles. The first kappa shape index (κ1) is 45.5. The number of aliphatic carboxylic acids is 2. The molecule has 57 heavy (non-hydrogen) atoms. The van der Waals surface area contributed by atoms with Crippen molar-refractivity contribution in [3.8, 4) is 0 Å². The van der Waals surface area contributed by atoms with Gasteiger partial charge in [0.25, 0.3) is 17.7 Å². The summed E-state index contributed by atoms with van der Waals surface area (Å²) < 4.78 is 33.3. The van der Waals surface area contributed by atoms with Crippen LogP contribution in [-0.4, -0.2) is 131 Å². The van der Waals surface area contributed by atoms with E-state index in [4.69, 9.17) is 26.4 Å². The molecule has 4 rings (SSSR count). The molecule has 0 aliphatic carbocycles. The van der Waals surface area contributed by atoms with Gasteiger partial charge in [0.2, 0.25) is 10.0 Å². The normalized spacial score (nSPS) is 14.4. The lowest BCUT2D eigenvalue weighted by atomic mass is 9.88. The van der Waals surface area contributed by atoms with Crippen molar-refractivity contribution < 1.29 is 52.1 Å². The quantitative estimate of drug-likeness (QED) is 0.111. The summed E-state index contributed by atoms with van der Waals surface area (Å²) in [5.74, 6) is -3.77. The number of aromatic nitrogens is 2. The van der Waals surface area contributed by atoms with Crippen LogP contribution in [0.1, 0.15) is 85.3 Å². The second-order valence-corrected chi connectivity index (χ2v) is 15.0. The number of aliphatic imine (C=N–C) groups is 1. The first-order valence-electron chi connectivity index (χ1n) is 18.2. The topological polar surface area (TPSA) is 319 Å². The minimum Gasteiger partial charge on any atom is -0.481 e. The van der Waals surface area contributed by atoms with E-state index < -0.39 is 46.0 Å². The number of nitrogen functional groups attached to an aromatic ring is 2. The maximum atomic E-state index is 13.4. The van der Waals surface area contributed by atoms with E-state index >= 15 is 0 Å². The Morgan fingerprint density at radius 2 is 1.60 bits per heavy atom. The molecule has 9 N–H and O–H groups in total. The van der Waals surface area contributed by atoms with Crippen LogP contribution in [0.3, 0.4) is 0 Å². The molecule has 2 aromatic rings. The predicted octanol–water partition coefficient (Wildman–Crippen LogP) is 0.109. The first-order chi connectivity index (χ1) is 26.9. The van der Waals surface area contributed by atoms with E-state index in [1.165, 1.54) is 18.2 Å². The Balaban J connectivity index is 0.000000980. The van der Waals surface area contributed by atoms with E-state index in [9.17, 15) is 37.2 Å². The molecular formula is C35H50N10O11S. The van der Waals surface area contributed by atoms with Crippen LogP contribution >= 0.6 is 0 Å². The predicted molar refractivity (Wildman–Crippen MR) is 205 cm³/mol. The maximum Gasteiger partial charge on any atom is 0.307 e. The van der Waals surface area contributed by atoms with E-state index in [1.54, 1.807) is 22.8 Å². The summed E-state index contributed by atoms with van der Waals surface area (Å²) >= 11 is 0. The van der Waals surface area contributed by atoms with Crippen molar-refractivity contribution in [1.29, 1.82) is 0 Å². The van der Waals surface area contributed by atoms with Gasteiger partial charge < -0.3 is 41.5 Å². The van der Waals surface area contributed by atoms with Crippen LogP contribution in [0.4, 0.5) is 11.6 Å². The Kier molecular flexibility index (Phi) is 16.6. The van der Waals surface area contributed by atoms with Gasteiger partial charge in [0.1, 0.15) is 5.82 Å². The second-order valence-electron chi connectivity index (χ2n) is 13.2. The molecule has 3 heterocycles. The summed E-state index contributed by atoms with van der Waals surface area (Å²) in [4.78, 5) is 85.5. The monoisotopic (exact) mass is 818 g/mol. The van der Waals surface area contributed by atoms with Gasteiger partial charge in [-0.25, -0.2) is 23.1 Å². The number of nitrogens with two attached hydrogens (primary N) is 2. The number of piperidine rings is 1. The van der Waals surface area contributed by atoms with Crippen LogP contribution in [0.25, 0.3) is 0 Å². The standard InChI is InChI=1S/C31H44N10O7S.C4H6O4/c1-4-13-40(14-5-2)23(42)18-48-24(43)9-12-35-49(46,47)22-8-6-7-21(17-22)29(45)41-15-10-31(11-16-41)19-34-30(39-31)38-28(44)25-27(33)37-26(32)20(3)36-25;5-3(6)1-2-4(7)8/h6-8,17,35H,4-5,9-16,18-19H2,1-3H3,(H4,32,33,37)(H2,34,38,39,44);1-2H2,(H,5,6)(H,7,8). The summed E-state index contributed by atoms with van der Waals surface area (Å²) in [5, 5.41) is 21.7. The third kappa shape index (κ3) is 13.7. The van der Waals surface area contributed by atoms with Crippen molar-refractivity contribution in [2.75, 3.05) is 57.3 Å². The lowest BCUT2D eigenvalue weighted by Crippen LogP contribution is -2.57. The van der Waals surface area contributed by atoms with Crippen LogP contribution in [0, 0.1) is 6.92 Å². The fourth-order valence-corrected chi connectivity index (χ4v) is 6.78. The van der Waals surface area contributed by atoms with Crippen molar-refractivity contribution in [2.45, 2.75) is 76.2 Å². The molecule has 1 aromatic heterocycles. The SMILES string of the molecule is CCCN(CCC)C(=O)COC(=O)CCNS(=O)(=O)c1cccc(C(=O)N2CCC3(CC2)CN=C(NC(=O)c2nc(C)c(N)nc2N)N3)c1.O=C(O)CCC(=O)O. The van der Waals surface area contributed by atoms with Gasteiger partial charge in [0.05, 0.1) is 41.9 Å². The Labute approximate surface area is 329 Å². The number of aryl methyl sites for hydroxylation is 1. The number of nitrogens with zero attached hydrogens (tertiary/aromatic N) is 5. The zero-order valence-electron chi connectivity index (χ0n) is 32.1. The van der Waals surface area contributed by atoms with E-state index in [-0.39, 0.29) is 71.4 Å². The van der Waals surface area contributed by atoms with Gasteiger partial charge in [-0.15, -0.1) is 0 Å². The molecular weight excluding hydrogens is 769 g/mol. The summed E-state index contributed by atoms with van der Waals surface area (Å²) in [6.07, 6.45) is 1.76. The molecule has 1 spiro atoms. The van der Waals surface area contributed by atoms with Gasteiger partial charge in [-0.05, 0) is 50.8 Å². The number of nitrogens with one attached hydrogen (secondary N) is 3. The number of guanidine groups is 1. The molecule has 21 nitrogen and oxygen atoms in total. The Bertz CT molecular complexity index is 1930. The van der Waals surface area contributed by atoms with Gasteiger partial charge in [0.15, 0.2) is 24.1 Å². The van der Waals surface area contributed by atoms with Crippen LogP contribution < -0.4 is 26.8 Å². The van der Waals surface area contributed by atoms with Crippen LogP contribution in [0.2, 0.25) is 0 Å².